The summed E-state index contributed by atoms with van der Waals surface area (Å²) in [4.78, 5) is 15.4. The molecular formula is C13H13FN2O2. The number of carbonyl (C=O) groups excluding carboxylic acids is 1. The van der Waals surface area contributed by atoms with E-state index < -0.39 is 5.82 Å². The summed E-state index contributed by atoms with van der Waals surface area (Å²) in [6.07, 6.45) is 1.37. The van der Waals surface area contributed by atoms with E-state index in [1.165, 1.54) is 6.07 Å². The summed E-state index contributed by atoms with van der Waals surface area (Å²) in [5.41, 5.74) is 0.274. The van der Waals surface area contributed by atoms with E-state index in [1.807, 2.05) is 6.92 Å². The largest absolute Gasteiger partial charge is 0.338 e. The van der Waals surface area contributed by atoms with Gasteiger partial charge in [-0.25, -0.2) is 4.39 Å². The molecule has 94 valence electrons. The van der Waals surface area contributed by atoms with Gasteiger partial charge in [0.05, 0.1) is 12.0 Å². The van der Waals surface area contributed by atoms with Crippen LogP contribution in [0.4, 0.5) is 4.39 Å². The number of carbonyl (C=O) groups is 1. The monoisotopic (exact) mass is 248 g/mol. The summed E-state index contributed by atoms with van der Waals surface area (Å²) >= 11 is 0. The molecule has 5 heteroatoms. The fourth-order valence-corrected chi connectivity index (χ4v) is 1.61. The number of hydrogen-bond donors (Lipinski definition) is 0. The van der Waals surface area contributed by atoms with Gasteiger partial charge < -0.3 is 4.52 Å². The number of halogens is 1. The number of Topliss-reactive ketones (excluding diaryl/α,β-unsaturated/α-hetero) is 1. The first kappa shape index (κ1) is 12.4. The molecule has 0 saturated heterocycles. The van der Waals surface area contributed by atoms with Crippen molar-refractivity contribution in [3.05, 3.63) is 36.0 Å². The van der Waals surface area contributed by atoms with Gasteiger partial charge in [0.25, 0.3) is 0 Å². The molecule has 0 saturated carbocycles. The minimum atomic E-state index is -0.412. The van der Waals surface area contributed by atoms with Gasteiger partial charge in [-0.1, -0.05) is 24.2 Å². The SMILES string of the molecule is CCCC(=O)Cc1nc(-c2ccccc2F)no1. The molecule has 0 aliphatic carbocycles. The van der Waals surface area contributed by atoms with E-state index in [0.717, 1.165) is 6.42 Å². The minimum absolute atomic E-state index is 0.0428. The molecule has 0 aliphatic rings. The lowest BCUT2D eigenvalue weighted by molar-refractivity contribution is -0.118. The molecule has 1 aromatic carbocycles. The van der Waals surface area contributed by atoms with Crippen LogP contribution in [0.3, 0.4) is 0 Å². The first-order chi connectivity index (χ1) is 8.70. The molecule has 2 rings (SSSR count). The molecule has 18 heavy (non-hydrogen) atoms. The van der Waals surface area contributed by atoms with Crippen LogP contribution in [0.25, 0.3) is 11.4 Å². The van der Waals surface area contributed by atoms with Crippen LogP contribution in [-0.4, -0.2) is 15.9 Å². The molecule has 0 N–H and O–H groups in total. The quantitative estimate of drug-likeness (QED) is 0.816. The van der Waals surface area contributed by atoms with E-state index in [9.17, 15) is 9.18 Å². The normalized spacial score (nSPS) is 10.6. The summed E-state index contributed by atoms with van der Waals surface area (Å²) in [5.74, 6) is 0.0325. The zero-order valence-electron chi connectivity index (χ0n) is 10.0. The van der Waals surface area contributed by atoms with E-state index in [1.54, 1.807) is 18.2 Å². The highest BCUT2D eigenvalue weighted by atomic mass is 19.1. The molecule has 0 radical (unpaired) electrons. The molecule has 0 amide bonds. The van der Waals surface area contributed by atoms with E-state index in [-0.39, 0.29) is 29.5 Å². The minimum Gasteiger partial charge on any atom is -0.338 e. The fraction of sp³-hybridized carbons (Fsp3) is 0.308. The maximum absolute atomic E-state index is 13.5. The van der Waals surface area contributed by atoms with Gasteiger partial charge in [0.2, 0.25) is 11.7 Å². The Hall–Kier alpha value is -2.04. The molecular weight excluding hydrogens is 235 g/mol. The van der Waals surface area contributed by atoms with Gasteiger partial charge in [0, 0.05) is 6.42 Å². The number of benzene rings is 1. The average molecular weight is 248 g/mol. The van der Waals surface area contributed by atoms with E-state index >= 15 is 0 Å². The van der Waals surface area contributed by atoms with Crippen LogP contribution in [0.1, 0.15) is 25.7 Å². The van der Waals surface area contributed by atoms with Crippen molar-refractivity contribution in [2.75, 3.05) is 0 Å². The summed E-state index contributed by atoms with van der Waals surface area (Å²) in [7, 11) is 0. The van der Waals surface area contributed by atoms with E-state index in [4.69, 9.17) is 4.52 Å². The second-order valence-corrected chi connectivity index (χ2v) is 3.96. The summed E-state index contributed by atoms with van der Waals surface area (Å²) in [6, 6.07) is 6.17. The summed E-state index contributed by atoms with van der Waals surface area (Å²) in [5, 5.41) is 3.68. The van der Waals surface area contributed by atoms with Gasteiger partial charge in [0.15, 0.2) is 0 Å². The third kappa shape index (κ3) is 2.80. The standard InChI is InChI=1S/C13H13FN2O2/c1-2-5-9(17)8-12-15-13(16-18-12)10-6-3-4-7-11(10)14/h3-4,6-7H,2,5,8H2,1H3. The molecule has 4 nitrogen and oxygen atoms in total. The smallest absolute Gasteiger partial charge is 0.234 e. The zero-order chi connectivity index (χ0) is 13.0. The van der Waals surface area contributed by atoms with Crippen molar-refractivity contribution in [3.63, 3.8) is 0 Å². The number of rotatable bonds is 5. The van der Waals surface area contributed by atoms with Crippen molar-refractivity contribution in [2.24, 2.45) is 0 Å². The molecule has 0 bridgehead atoms. The van der Waals surface area contributed by atoms with Gasteiger partial charge in [0.1, 0.15) is 11.6 Å². The molecule has 0 fully saturated rings. The van der Waals surface area contributed by atoms with Gasteiger partial charge in [-0.15, -0.1) is 0 Å². The predicted molar refractivity (Wildman–Crippen MR) is 63.3 cm³/mol. The Morgan fingerprint density at radius 2 is 2.17 bits per heavy atom. The van der Waals surface area contributed by atoms with Crippen LogP contribution in [0.15, 0.2) is 28.8 Å². The van der Waals surface area contributed by atoms with Crippen LogP contribution in [0, 0.1) is 5.82 Å². The first-order valence-corrected chi connectivity index (χ1v) is 5.80. The highest BCUT2D eigenvalue weighted by Crippen LogP contribution is 2.19. The van der Waals surface area contributed by atoms with Crippen molar-refractivity contribution in [2.45, 2.75) is 26.2 Å². The molecule has 0 atom stereocenters. The Morgan fingerprint density at radius 1 is 1.39 bits per heavy atom. The van der Waals surface area contributed by atoms with Crippen LogP contribution in [0.2, 0.25) is 0 Å². The Balaban J connectivity index is 2.16. The Labute approximate surface area is 104 Å². The van der Waals surface area contributed by atoms with Crippen LogP contribution in [-0.2, 0) is 11.2 Å². The third-order valence-corrected chi connectivity index (χ3v) is 2.46. The molecule has 0 spiro atoms. The Bertz CT molecular complexity index is 551. The van der Waals surface area contributed by atoms with Crippen LogP contribution in [0.5, 0.6) is 0 Å². The first-order valence-electron chi connectivity index (χ1n) is 5.80. The van der Waals surface area contributed by atoms with Crippen LogP contribution >= 0.6 is 0 Å². The third-order valence-electron chi connectivity index (χ3n) is 2.46. The predicted octanol–water partition coefficient (Wildman–Crippen LogP) is 2.79. The average Bonchev–Trinajstić information content (AvgIpc) is 2.78. The fourth-order valence-electron chi connectivity index (χ4n) is 1.61. The van der Waals surface area contributed by atoms with Crippen molar-refractivity contribution in [3.8, 4) is 11.4 Å². The van der Waals surface area contributed by atoms with Crippen molar-refractivity contribution in [1.82, 2.24) is 10.1 Å². The topological polar surface area (TPSA) is 56.0 Å². The summed E-state index contributed by atoms with van der Waals surface area (Å²) < 4.78 is 18.4. The number of aromatic nitrogens is 2. The lowest BCUT2D eigenvalue weighted by atomic mass is 10.2. The van der Waals surface area contributed by atoms with Gasteiger partial charge in [-0.3, -0.25) is 4.79 Å². The van der Waals surface area contributed by atoms with Gasteiger partial charge >= 0.3 is 0 Å². The second-order valence-electron chi connectivity index (χ2n) is 3.96. The lowest BCUT2D eigenvalue weighted by Gasteiger charge is -1.94. The Kier molecular flexibility index (Phi) is 3.82. The molecule has 1 aromatic heterocycles. The summed E-state index contributed by atoms with van der Waals surface area (Å²) in [6.45, 7) is 1.93. The number of ketones is 1. The molecule has 1 heterocycles. The zero-order valence-corrected chi connectivity index (χ0v) is 10.0. The molecule has 2 aromatic rings. The Morgan fingerprint density at radius 3 is 2.89 bits per heavy atom. The second kappa shape index (κ2) is 5.53. The molecule has 0 aliphatic heterocycles. The maximum atomic E-state index is 13.5. The van der Waals surface area contributed by atoms with Crippen molar-refractivity contribution < 1.29 is 13.7 Å². The number of hydrogen-bond acceptors (Lipinski definition) is 4. The van der Waals surface area contributed by atoms with Gasteiger partial charge in [-0.05, 0) is 18.6 Å². The maximum Gasteiger partial charge on any atom is 0.234 e. The van der Waals surface area contributed by atoms with E-state index in [0.29, 0.717) is 6.42 Å². The van der Waals surface area contributed by atoms with Gasteiger partial charge in [-0.2, -0.15) is 4.98 Å². The highest BCUT2D eigenvalue weighted by Gasteiger charge is 2.14. The molecule has 0 unspecified atom stereocenters. The van der Waals surface area contributed by atoms with E-state index in [2.05, 4.69) is 10.1 Å². The highest BCUT2D eigenvalue weighted by molar-refractivity contribution is 5.79. The van der Waals surface area contributed by atoms with Crippen molar-refractivity contribution >= 4 is 5.78 Å². The van der Waals surface area contributed by atoms with Crippen LogP contribution < -0.4 is 0 Å². The number of nitrogens with zero attached hydrogens (tertiary/aromatic N) is 2. The van der Waals surface area contributed by atoms with Crippen molar-refractivity contribution in [1.29, 1.82) is 0 Å². The lowest BCUT2D eigenvalue weighted by Crippen LogP contribution is -2.01.